The lowest BCUT2D eigenvalue weighted by molar-refractivity contribution is 0.0823. The summed E-state index contributed by atoms with van der Waals surface area (Å²) in [7, 11) is 1.62. The van der Waals surface area contributed by atoms with Crippen LogP contribution in [0.2, 0.25) is 0 Å². The molecule has 0 spiro atoms. The van der Waals surface area contributed by atoms with Crippen molar-refractivity contribution in [2.45, 2.75) is 25.1 Å². The van der Waals surface area contributed by atoms with Crippen molar-refractivity contribution in [1.29, 1.82) is 0 Å². The van der Waals surface area contributed by atoms with E-state index in [1.807, 2.05) is 48.5 Å². The van der Waals surface area contributed by atoms with Crippen LogP contribution in [-0.4, -0.2) is 48.2 Å². The molecule has 2 unspecified atom stereocenters. The lowest BCUT2D eigenvalue weighted by Crippen LogP contribution is -2.46. The van der Waals surface area contributed by atoms with Crippen molar-refractivity contribution in [3.63, 3.8) is 0 Å². The second-order valence-electron chi connectivity index (χ2n) is 7.90. The van der Waals surface area contributed by atoms with E-state index in [0.29, 0.717) is 24.0 Å². The van der Waals surface area contributed by atoms with Gasteiger partial charge in [0.25, 0.3) is 0 Å². The summed E-state index contributed by atoms with van der Waals surface area (Å²) in [5.74, 6) is 2.12. The van der Waals surface area contributed by atoms with Crippen molar-refractivity contribution in [2.24, 2.45) is 15.7 Å². The van der Waals surface area contributed by atoms with Crippen LogP contribution in [0.25, 0.3) is 11.3 Å². The van der Waals surface area contributed by atoms with E-state index in [-0.39, 0.29) is 18.2 Å². The van der Waals surface area contributed by atoms with E-state index in [9.17, 15) is 0 Å². The fourth-order valence-corrected chi connectivity index (χ4v) is 4.14. The summed E-state index contributed by atoms with van der Waals surface area (Å²) in [6, 6.07) is 15.8. The minimum absolute atomic E-state index is 0.112. The fraction of sp³-hybridized carbons (Fsp3) is 0.292. The number of rotatable bonds is 6. The molecule has 3 aromatic rings. The summed E-state index contributed by atoms with van der Waals surface area (Å²) < 4.78 is 16.9. The molecule has 33 heavy (non-hydrogen) atoms. The molecule has 2 aliphatic rings. The maximum atomic E-state index is 6.14. The van der Waals surface area contributed by atoms with Gasteiger partial charge in [0.05, 0.1) is 25.0 Å². The molecule has 3 N–H and O–H groups in total. The predicted molar refractivity (Wildman–Crippen MR) is 126 cm³/mol. The number of benzene rings is 2. The van der Waals surface area contributed by atoms with Gasteiger partial charge in [-0.3, -0.25) is 0 Å². The smallest absolute Gasteiger partial charge is 0.220 e. The van der Waals surface area contributed by atoms with E-state index in [1.54, 1.807) is 13.3 Å². The minimum Gasteiger partial charge on any atom is -0.496 e. The van der Waals surface area contributed by atoms with Crippen LogP contribution in [0.1, 0.15) is 24.6 Å². The quantitative estimate of drug-likeness (QED) is 0.595. The first-order valence-corrected chi connectivity index (χ1v) is 10.9. The number of nitrogens with zero attached hydrogens (tertiary/aromatic N) is 4. The second-order valence-corrected chi connectivity index (χ2v) is 7.90. The summed E-state index contributed by atoms with van der Waals surface area (Å²) in [4.78, 5) is 15.3. The van der Waals surface area contributed by atoms with Gasteiger partial charge in [0.2, 0.25) is 11.9 Å². The number of anilines is 1. The van der Waals surface area contributed by atoms with Gasteiger partial charge in [-0.15, -0.1) is 0 Å². The first-order chi connectivity index (χ1) is 16.2. The highest BCUT2D eigenvalue weighted by molar-refractivity contribution is 6.03. The highest BCUT2D eigenvalue weighted by Gasteiger charge is 2.31. The Balaban J connectivity index is 1.46. The molecule has 9 heteroatoms. The molecule has 3 heterocycles. The number of methoxy groups -OCH3 is 1. The van der Waals surface area contributed by atoms with Gasteiger partial charge in [-0.25, -0.2) is 9.98 Å². The number of nitrogens with two attached hydrogens (primary N) is 1. The van der Waals surface area contributed by atoms with E-state index < -0.39 is 0 Å². The molecule has 1 aromatic heterocycles. The minimum atomic E-state index is -0.300. The molecular weight excluding hydrogens is 420 g/mol. The molecule has 0 radical (unpaired) electrons. The summed E-state index contributed by atoms with van der Waals surface area (Å²) in [5, 5.41) is 3.42. The highest BCUT2D eigenvalue weighted by atomic mass is 16.5. The van der Waals surface area contributed by atoms with Crippen LogP contribution in [0.3, 0.4) is 0 Å². The van der Waals surface area contributed by atoms with Crippen molar-refractivity contribution in [3.05, 3.63) is 66.7 Å². The van der Waals surface area contributed by atoms with Gasteiger partial charge in [-0.05, 0) is 30.5 Å². The van der Waals surface area contributed by atoms with E-state index >= 15 is 0 Å². The van der Waals surface area contributed by atoms with Gasteiger partial charge in [0, 0.05) is 24.9 Å². The number of hydrogen-bond acceptors (Lipinski definition) is 9. The summed E-state index contributed by atoms with van der Waals surface area (Å²) >= 11 is 0. The first-order valence-electron chi connectivity index (χ1n) is 10.9. The van der Waals surface area contributed by atoms with Crippen LogP contribution in [0, 0.1) is 0 Å². The summed E-state index contributed by atoms with van der Waals surface area (Å²) in [6.07, 6.45) is 4.92. The second kappa shape index (κ2) is 9.33. The summed E-state index contributed by atoms with van der Waals surface area (Å²) in [6.45, 7) is 1.43. The standard InChI is InChI=1S/C24H26N6O3/c1-31-20-12-17(9-10-19(20)21-13-26-15-33-21)27-24-29-23(25)28-22(16-6-3-2-4-7-16)30(24)14-18-8-5-11-32-18/h2-4,6-7,9-10,12-13,15,18,22H,5,8,11,14H2,1H3,(H3,25,27,28,29). The molecule has 2 aliphatic heterocycles. The number of oxazole rings is 1. The van der Waals surface area contributed by atoms with Gasteiger partial charge in [0.15, 0.2) is 18.3 Å². The maximum Gasteiger partial charge on any atom is 0.220 e. The normalized spacial score (nSPS) is 20.3. The Kier molecular flexibility index (Phi) is 5.95. The van der Waals surface area contributed by atoms with Crippen LogP contribution in [0.5, 0.6) is 5.75 Å². The number of nitrogens with one attached hydrogen (secondary N) is 1. The van der Waals surface area contributed by atoms with E-state index in [1.165, 1.54) is 6.39 Å². The highest BCUT2D eigenvalue weighted by Crippen LogP contribution is 2.33. The van der Waals surface area contributed by atoms with Crippen molar-refractivity contribution in [2.75, 3.05) is 25.6 Å². The van der Waals surface area contributed by atoms with Crippen LogP contribution >= 0.6 is 0 Å². The molecule has 170 valence electrons. The molecule has 0 aliphatic carbocycles. The first kappa shape index (κ1) is 21.0. The van der Waals surface area contributed by atoms with E-state index in [4.69, 9.17) is 19.6 Å². The van der Waals surface area contributed by atoms with Crippen molar-refractivity contribution in [1.82, 2.24) is 9.88 Å². The van der Waals surface area contributed by atoms with Crippen LogP contribution in [-0.2, 0) is 4.74 Å². The molecule has 2 aromatic carbocycles. The Morgan fingerprint density at radius 2 is 2.09 bits per heavy atom. The lowest BCUT2D eigenvalue weighted by Gasteiger charge is -2.36. The fourth-order valence-electron chi connectivity index (χ4n) is 4.14. The largest absolute Gasteiger partial charge is 0.496 e. The predicted octanol–water partition coefficient (Wildman–Crippen LogP) is 3.63. The van der Waals surface area contributed by atoms with Crippen molar-refractivity contribution in [3.8, 4) is 17.1 Å². The SMILES string of the molecule is COc1cc(NC2=NC(N)=NC(c3ccccc3)N2CC2CCCO2)ccc1-c1cnco1. The molecule has 5 rings (SSSR count). The molecule has 1 fully saturated rings. The third kappa shape index (κ3) is 4.54. The third-order valence-electron chi connectivity index (χ3n) is 5.72. The number of ether oxygens (including phenoxy) is 2. The van der Waals surface area contributed by atoms with Gasteiger partial charge >= 0.3 is 0 Å². The van der Waals surface area contributed by atoms with Crippen LogP contribution < -0.4 is 15.8 Å². The molecular formula is C24H26N6O3. The number of guanidine groups is 2. The lowest BCUT2D eigenvalue weighted by atomic mass is 10.1. The van der Waals surface area contributed by atoms with Crippen molar-refractivity contribution < 1.29 is 13.9 Å². The molecule has 0 saturated carbocycles. The number of aliphatic imine (C=N–C) groups is 2. The molecule has 1 saturated heterocycles. The topological polar surface area (TPSA) is 110 Å². The average Bonchev–Trinajstić information content (AvgIpc) is 3.56. The van der Waals surface area contributed by atoms with Crippen LogP contribution in [0.15, 0.2) is 75.5 Å². The molecule has 2 atom stereocenters. The van der Waals surface area contributed by atoms with Crippen molar-refractivity contribution >= 4 is 17.6 Å². The zero-order chi connectivity index (χ0) is 22.6. The zero-order valence-electron chi connectivity index (χ0n) is 18.3. The molecule has 9 nitrogen and oxygen atoms in total. The average molecular weight is 447 g/mol. The van der Waals surface area contributed by atoms with Crippen LogP contribution in [0.4, 0.5) is 5.69 Å². The molecule has 0 bridgehead atoms. The van der Waals surface area contributed by atoms with Gasteiger partial charge in [-0.1, -0.05) is 30.3 Å². The third-order valence-corrected chi connectivity index (χ3v) is 5.72. The maximum absolute atomic E-state index is 6.14. The Labute approximate surface area is 191 Å². The van der Waals surface area contributed by atoms with Gasteiger partial charge < -0.3 is 29.8 Å². The van der Waals surface area contributed by atoms with E-state index in [2.05, 4.69) is 25.2 Å². The molecule has 0 amide bonds. The van der Waals surface area contributed by atoms with Gasteiger partial charge in [-0.2, -0.15) is 4.99 Å². The Hall–Kier alpha value is -3.85. The number of hydrogen-bond donors (Lipinski definition) is 2. The Bertz CT molecular complexity index is 1140. The Morgan fingerprint density at radius 3 is 2.82 bits per heavy atom. The zero-order valence-corrected chi connectivity index (χ0v) is 18.3. The number of aromatic nitrogens is 1. The Morgan fingerprint density at radius 1 is 1.21 bits per heavy atom. The van der Waals surface area contributed by atoms with Gasteiger partial charge in [0.1, 0.15) is 5.75 Å². The summed E-state index contributed by atoms with van der Waals surface area (Å²) in [5.41, 5.74) is 8.78. The van der Waals surface area contributed by atoms with E-state index in [0.717, 1.165) is 36.3 Å². The monoisotopic (exact) mass is 446 g/mol.